The molecule has 1 rings (SSSR count). The molecule has 0 aliphatic rings. The van der Waals surface area contributed by atoms with Crippen LogP contribution in [-0.4, -0.2) is 41.8 Å². The highest BCUT2D eigenvalue weighted by molar-refractivity contribution is 5.87. The normalized spacial score (nSPS) is 14.7. The van der Waals surface area contributed by atoms with Crippen molar-refractivity contribution in [2.75, 3.05) is 19.7 Å². The topological polar surface area (TPSA) is 66.6 Å². The molecule has 3 N–H and O–H groups in total. The van der Waals surface area contributed by atoms with Crippen molar-refractivity contribution in [3.8, 4) is 0 Å². The number of amides is 1. The van der Waals surface area contributed by atoms with E-state index in [0.717, 1.165) is 0 Å². The third-order valence-corrected chi connectivity index (χ3v) is 2.85. The van der Waals surface area contributed by atoms with Gasteiger partial charge in [0, 0.05) is 6.54 Å². The Balaban J connectivity index is 2.99. The summed E-state index contributed by atoms with van der Waals surface area (Å²) in [4.78, 5) is 12.7. The first kappa shape index (κ1) is 16.5. The molecular formula is C13H17F3N2O2. The second-order valence-corrected chi connectivity index (χ2v) is 4.63. The average molecular weight is 290 g/mol. The number of aliphatic hydroxyl groups excluding tert-OH is 1. The maximum Gasteiger partial charge on any atom is 0.406 e. The Morgan fingerprint density at radius 3 is 2.30 bits per heavy atom. The number of hydrogen-bond donors (Lipinski definition) is 2. The van der Waals surface area contributed by atoms with E-state index < -0.39 is 37.3 Å². The number of aliphatic hydroxyl groups is 1. The van der Waals surface area contributed by atoms with E-state index in [1.165, 1.54) is 6.92 Å². The summed E-state index contributed by atoms with van der Waals surface area (Å²) in [5, 5.41) is 8.82. The number of benzene rings is 1. The SMILES string of the molecule is CC(N)(C(=O)N(CCO)CC(F)(F)F)c1ccccc1. The van der Waals surface area contributed by atoms with Crippen LogP contribution in [0.2, 0.25) is 0 Å². The first-order chi connectivity index (χ1) is 9.18. The molecular weight excluding hydrogens is 273 g/mol. The lowest BCUT2D eigenvalue weighted by Crippen LogP contribution is -2.53. The average Bonchev–Trinajstić information content (AvgIpc) is 2.37. The Kier molecular flexibility index (Phi) is 5.13. The van der Waals surface area contributed by atoms with E-state index in [2.05, 4.69) is 0 Å². The Bertz CT molecular complexity index is 447. The summed E-state index contributed by atoms with van der Waals surface area (Å²) in [7, 11) is 0. The molecule has 0 aromatic heterocycles. The van der Waals surface area contributed by atoms with Gasteiger partial charge in [-0.1, -0.05) is 30.3 Å². The van der Waals surface area contributed by atoms with Gasteiger partial charge in [0.15, 0.2) is 0 Å². The highest BCUT2D eigenvalue weighted by atomic mass is 19.4. The predicted octanol–water partition coefficient (Wildman–Crippen LogP) is 1.24. The van der Waals surface area contributed by atoms with E-state index in [0.29, 0.717) is 10.5 Å². The summed E-state index contributed by atoms with van der Waals surface area (Å²) in [6, 6.07) is 8.15. The lowest BCUT2D eigenvalue weighted by Gasteiger charge is -2.32. The maximum absolute atomic E-state index is 12.5. The first-order valence-electron chi connectivity index (χ1n) is 6.00. The van der Waals surface area contributed by atoms with Gasteiger partial charge in [-0.15, -0.1) is 0 Å². The summed E-state index contributed by atoms with van der Waals surface area (Å²) in [5.74, 6) is -0.880. The largest absolute Gasteiger partial charge is 0.406 e. The van der Waals surface area contributed by atoms with Crippen LogP contribution >= 0.6 is 0 Å². The van der Waals surface area contributed by atoms with E-state index in [-0.39, 0.29) is 0 Å². The fraction of sp³-hybridized carbons (Fsp3) is 0.462. The van der Waals surface area contributed by atoms with Crippen molar-refractivity contribution in [3.05, 3.63) is 35.9 Å². The van der Waals surface area contributed by atoms with Gasteiger partial charge >= 0.3 is 6.18 Å². The van der Waals surface area contributed by atoms with Crippen LogP contribution in [0.1, 0.15) is 12.5 Å². The van der Waals surface area contributed by atoms with Crippen molar-refractivity contribution in [3.63, 3.8) is 0 Å². The number of carbonyl (C=O) groups excluding carboxylic acids is 1. The van der Waals surface area contributed by atoms with Crippen molar-refractivity contribution in [2.45, 2.75) is 18.6 Å². The molecule has 0 spiro atoms. The van der Waals surface area contributed by atoms with Crippen molar-refractivity contribution in [2.24, 2.45) is 5.73 Å². The number of hydrogen-bond acceptors (Lipinski definition) is 3. The molecule has 1 amide bonds. The molecule has 20 heavy (non-hydrogen) atoms. The van der Waals surface area contributed by atoms with Crippen LogP contribution in [-0.2, 0) is 10.3 Å². The molecule has 0 saturated carbocycles. The summed E-state index contributed by atoms with van der Waals surface area (Å²) in [6.45, 7) is -1.07. The van der Waals surface area contributed by atoms with Crippen LogP contribution in [0.4, 0.5) is 13.2 Å². The zero-order valence-corrected chi connectivity index (χ0v) is 11.0. The molecule has 0 fully saturated rings. The second-order valence-electron chi connectivity index (χ2n) is 4.63. The van der Waals surface area contributed by atoms with Gasteiger partial charge in [0.25, 0.3) is 0 Å². The Morgan fingerprint density at radius 1 is 1.30 bits per heavy atom. The molecule has 0 radical (unpaired) electrons. The number of halogens is 3. The van der Waals surface area contributed by atoms with E-state index in [1.54, 1.807) is 30.3 Å². The van der Waals surface area contributed by atoms with Gasteiger partial charge in [0.1, 0.15) is 12.1 Å². The molecule has 0 heterocycles. The predicted molar refractivity (Wildman–Crippen MR) is 67.7 cm³/mol. The quantitative estimate of drug-likeness (QED) is 0.857. The van der Waals surface area contributed by atoms with Crippen LogP contribution in [0.25, 0.3) is 0 Å². The monoisotopic (exact) mass is 290 g/mol. The van der Waals surface area contributed by atoms with Crippen LogP contribution in [0.5, 0.6) is 0 Å². The summed E-state index contributed by atoms with van der Waals surface area (Å²) < 4.78 is 37.4. The minimum Gasteiger partial charge on any atom is -0.395 e. The highest BCUT2D eigenvalue weighted by Gasteiger charge is 2.39. The third kappa shape index (κ3) is 4.21. The number of nitrogens with two attached hydrogens (primary N) is 1. The van der Waals surface area contributed by atoms with Crippen molar-refractivity contribution in [1.82, 2.24) is 4.90 Å². The van der Waals surface area contributed by atoms with Crippen LogP contribution in [0.3, 0.4) is 0 Å². The Morgan fingerprint density at radius 2 is 1.85 bits per heavy atom. The third-order valence-electron chi connectivity index (χ3n) is 2.85. The smallest absolute Gasteiger partial charge is 0.395 e. The molecule has 0 bridgehead atoms. The molecule has 112 valence electrons. The number of nitrogens with zero attached hydrogens (tertiary/aromatic N) is 1. The van der Waals surface area contributed by atoms with Gasteiger partial charge in [-0.25, -0.2) is 0 Å². The molecule has 7 heteroatoms. The molecule has 1 unspecified atom stereocenters. The molecule has 4 nitrogen and oxygen atoms in total. The van der Waals surface area contributed by atoms with Gasteiger partial charge in [-0.3, -0.25) is 4.79 Å². The second kappa shape index (κ2) is 6.23. The van der Waals surface area contributed by atoms with Gasteiger partial charge < -0.3 is 15.7 Å². The molecule has 0 aliphatic heterocycles. The number of carbonyl (C=O) groups is 1. The lowest BCUT2D eigenvalue weighted by atomic mass is 9.91. The summed E-state index contributed by atoms with van der Waals surface area (Å²) in [6.07, 6.45) is -4.54. The van der Waals surface area contributed by atoms with E-state index in [1.807, 2.05) is 0 Å². The summed E-state index contributed by atoms with van der Waals surface area (Å²) in [5.41, 5.74) is 4.72. The zero-order valence-electron chi connectivity index (χ0n) is 11.0. The summed E-state index contributed by atoms with van der Waals surface area (Å²) >= 11 is 0. The van der Waals surface area contributed by atoms with Crippen molar-refractivity contribution >= 4 is 5.91 Å². The van der Waals surface area contributed by atoms with Gasteiger partial charge in [-0.2, -0.15) is 13.2 Å². The maximum atomic E-state index is 12.5. The van der Waals surface area contributed by atoms with E-state index in [9.17, 15) is 18.0 Å². The van der Waals surface area contributed by atoms with Crippen LogP contribution in [0, 0.1) is 0 Å². The fourth-order valence-electron chi connectivity index (χ4n) is 1.83. The van der Waals surface area contributed by atoms with Gasteiger partial charge in [0.05, 0.1) is 6.61 Å². The molecule has 1 aromatic rings. The Labute approximate surface area is 115 Å². The van der Waals surface area contributed by atoms with Gasteiger partial charge in [-0.05, 0) is 12.5 Å². The minimum atomic E-state index is -4.54. The van der Waals surface area contributed by atoms with Crippen molar-refractivity contribution in [1.29, 1.82) is 0 Å². The lowest BCUT2D eigenvalue weighted by molar-refractivity contribution is -0.165. The molecule has 0 saturated heterocycles. The number of alkyl halides is 3. The standard InChI is InChI=1S/C13H17F3N2O2/c1-12(17,10-5-3-2-4-6-10)11(20)18(7-8-19)9-13(14,15)16/h2-6,19H,7-9,17H2,1H3. The van der Waals surface area contributed by atoms with E-state index in [4.69, 9.17) is 10.8 Å². The zero-order chi connectivity index (χ0) is 15.4. The molecule has 1 aromatic carbocycles. The number of rotatable bonds is 5. The first-order valence-corrected chi connectivity index (χ1v) is 6.00. The Hall–Kier alpha value is -1.60. The van der Waals surface area contributed by atoms with E-state index >= 15 is 0 Å². The fourth-order valence-corrected chi connectivity index (χ4v) is 1.83. The van der Waals surface area contributed by atoms with Crippen molar-refractivity contribution < 1.29 is 23.1 Å². The highest BCUT2D eigenvalue weighted by Crippen LogP contribution is 2.23. The minimum absolute atomic E-state index is 0.412. The van der Waals surface area contributed by atoms with Crippen LogP contribution in [0.15, 0.2) is 30.3 Å². The molecule has 1 atom stereocenters. The van der Waals surface area contributed by atoms with Gasteiger partial charge in [0.2, 0.25) is 5.91 Å². The molecule has 0 aliphatic carbocycles. The van der Waals surface area contributed by atoms with Crippen LogP contribution < -0.4 is 5.73 Å².